The summed E-state index contributed by atoms with van der Waals surface area (Å²) in [7, 11) is -2.31. The molecule has 4 rings (SSSR count). The summed E-state index contributed by atoms with van der Waals surface area (Å²) in [5, 5.41) is 3.31. The lowest BCUT2D eigenvalue weighted by molar-refractivity contribution is 0.0697. The topological polar surface area (TPSA) is 91.0 Å². The number of nitrogens with zero attached hydrogens (tertiary/aromatic N) is 2. The summed E-state index contributed by atoms with van der Waals surface area (Å²) < 4.78 is 34.2. The van der Waals surface area contributed by atoms with Gasteiger partial charge in [0.25, 0.3) is 15.9 Å². The Kier molecular flexibility index (Phi) is 7.09. The highest BCUT2D eigenvalue weighted by atomic mass is 32.2. The summed E-state index contributed by atoms with van der Waals surface area (Å²) in [6.45, 7) is 6.81. The lowest BCUT2D eigenvalue weighted by Crippen LogP contribution is -2.44. The van der Waals surface area contributed by atoms with Crippen molar-refractivity contribution in [2.24, 2.45) is 5.92 Å². The average Bonchev–Trinajstić information content (AvgIpc) is 2.84. The number of amides is 1. The first kappa shape index (κ1) is 23.4. The van der Waals surface area contributed by atoms with Crippen molar-refractivity contribution in [3.05, 3.63) is 48.0 Å². The van der Waals surface area contributed by atoms with E-state index in [0.717, 1.165) is 57.8 Å². The smallest absolute Gasteiger partial charge is 0.261 e. The van der Waals surface area contributed by atoms with Gasteiger partial charge in [0.15, 0.2) is 0 Å². The van der Waals surface area contributed by atoms with Crippen LogP contribution in [0, 0.1) is 5.92 Å². The van der Waals surface area contributed by atoms with E-state index in [0.29, 0.717) is 22.9 Å². The van der Waals surface area contributed by atoms with Crippen LogP contribution in [0.1, 0.15) is 30.1 Å². The summed E-state index contributed by atoms with van der Waals surface area (Å²) in [5.74, 6) is 1.15. The number of ether oxygens (including phenoxy) is 1. The van der Waals surface area contributed by atoms with E-state index in [2.05, 4.69) is 21.9 Å². The minimum absolute atomic E-state index is 0.0568. The molecule has 0 unspecified atom stereocenters. The largest absolute Gasteiger partial charge is 0.497 e. The second-order valence-electron chi connectivity index (χ2n) is 8.72. The second kappa shape index (κ2) is 10.0. The standard InChI is InChI=1S/C24H32N4O4S/c1-18-9-13-28(14-10-18)24(29)19-3-8-23(27-15-11-25-12-16-27)22(17-19)26-33(30,31)21-6-4-20(32-2)5-7-21/h3-8,17-18,25-26H,9-16H2,1-2H3. The number of carbonyl (C=O) groups is 1. The third kappa shape index (κ3) is 5.42. The average molecular weight is 473 g/mol. The molecule has 8 nitrogen and oxygen atoms in total. The number of methoxy groups -OCH3 is 1. The Labute approximate surface area is 196 Å². The van der Waals surface area contributed by atoms with Gasteiger partial charge in [-0.05, 0) is 61.2 Å². The van der Waals surface area contributed by atoms with Crippen LogP contribution in [0.15, 0.2) is 47.4 Å². The van der Waals surface area contributed by atoms with Gasteiger partial charge in [-0.3, -0.25) is 9.52 Å². The number of benzene rings is 2. The van der Waals surface area contributed by atoms with Crippen LogP contribution in [0.5, 0.6) is 5.75 Å². The number of piperazine rings is 1. The van der Waals surface area contributed by atoms with Crippen LogP contribution in [-0.2, 0) is 10.0 Å². The van der Waals surface area contributed by atoms with E-state index in [1.54, 1.807) is 18.2 Å². The van der Waals surface area contributed by atoms with Crippen molar-refractivity contribution in [1.82, 2.24) is 10.2 Å². The van der Waals surface area contributed by atoms with Crippen molar-refractivity contribution >= 4 is 27.3 Å². The summed E-state index contributed by atoms with van der Waals surface area (Å²) >= 11 is 0. The van der Waals surface area contributed by atoms with Crippen molar-refractivity contribution in [3.63, 3.8) is 0 Å². The van der Waals surface area contributed by atoms with Crippen molar-refractivity contribution in [3.8, 4) is 5.75 Å². The number of nitrogens with one attached hydrogen (secondary N) is 2. The summed E-state index contributed by atoms with van der Waals surface area (Å²) in [6, 6.07) is 11.6. The van der Waals surface area contributed by atoms with Crippen molar-refractivity contribution < 1.29 is 17.9 Å². The number of rotatable bonds is 6. The van der Waals surface area contributed by atoms with Crippen LogP contribution in [0.3, 0.4) is 0 Å². The highest BCUT2D eigenvalue weighted by molar-refractivity contribution is 7.92. The van der Waals surface area contributed by atoms with Gasteiger partial charge < -0.3 is 19.9 Å². The molecule has 0 bridgehead atoms. The Morgan fingerprint density at radius 1 is 1.03 bits per heavy atom. The van der Waals surface area contributed by atoms with Gasteiger partial charge in [-0.1, -0.05) is 6.92 Å². The fourth-order valence-corrected chi connectivity index (χ4v) is 5.35. The maximum absolute atomic E-state index is 13.2. The predicted octanol–water partition coefficient (Wildman–Crippen LogP) is 2.78. The summed E-state index contributed by atoms with van der Waals surface area (Å²) in [6.07, 6.45) is 1.98. The Morgan fingerprint density at radius 3 is 2.33 bits per heavy atom. The molecule has 0 spiro atoms. The molecule has 2 fully saturated rings. The fourth-order valence-electron chi connectivity index (χ4n) is 4.29. The molecule has 1 amide bonds. The number of sulfonamides is 1. The van der Waals surface area contributed by atoms with Crippen LogP contribution >= 0.6 is 0 Å². The van der Waals surface area contributed by atoms with E-state index >= 15 is 0 Å². The molecule has 2 heterocycles. The van der Waals surface area contributed by atoms with Crippen LogP contribution in [0.25, 0.3) is 0 Å². The maximum Gasteiger partial charge on any atom is 0.261 e. The molecule has 2 aliphatic rings. The Bertz CT molecular complexity index is 1070. The van der Waals surface area contributed by atoms with E-state index < -0.39 is 10.0 Å². The molecule has 0 aromatic heterocycles. The molecular formula is C24H32N4O4S. The minimum Gasteiger partial charge on any atom is -0.497 e. The Morgan fingerprint density at radius 2 is 1.70 bits per heavy atom. The predicted molar refractivity (Wildman–Crippen MR) is 130 cm³/mol. The first-order valence-corrected chi connectivity index (χ1v) is 12.9. The second-order valence-corrected chi connectivity index (χ2v) is 10.4. The highest BCUT2D eigenvalue weighted by Gasteiger charge is 2.25. The third-order valence-corrected chi connectivity index (χ3v) is 7.77. The van der Waals surface area contributed by atoms with Gasteiger partial charge in [0.2, 0.25) is 0 Å². The molecule has 0 aliphatic carbocycles. The fraction of sp³-hybridized carbons (Fsp3) is 0.458. The van der Waals surface area contributed by atoms with Crippen molar-refractivity contribution in [2.45, 2.75) is 24.7 Å². The molecule has 0 saturated carbocycles. The summed E-state index contributed by atoms with van der Waals surface area (Å²) in [4.78, 5) is 17.3. The monoisotopic (exact) mass is 472 g/mol. The van der Waals surface area contributed by atoms with Crippen LogP contribution in [-0.4, -0.2) is 65.6 Å². The zero-order valence-electron chi connectivity index (χ0n) is 19.2. The van der Waals surface area contributed by atoms with Gasteiger partial charge in [-0.25, -0.2) is 8.42 Å². The SMILES string of the molecule is COc1ccc(S(=O)(=O)Nc2cc(C(=O)N3CCC(C)CC3)ccc2N2CCNCC2)cc1. The van der Waals surface area contributed by atoms with Gasteiger partial charge in [0, 0.05) is 44.8 Å². The number of hydrogen-bond acceptors (Lipinski definition) is 6. The molecule has 0 atom stereocenters. The van der Waals surface area contributed by atoms with Crippen LogP contribution in [0.4, 0.5) is 11.4 Å². The molecule has 2 saturated heterocycles. The number of hydrogen-bond donors (Lipinski definition) is 2. The van der Waals surface area contributed by atoms with Gasteiger partial charge >= 0.3 is 0 Å². The maximum atomic E-state index is 13.2. The van der Waals surface area contributed by atoms with E-state index in [9.17, 15) is 13.2 Å². The first-order valence-electron chi connectivity index (χ1n) is 11.4. The van der Waals surface area contributed by atoms with E-state index in [1.165, 1.54) is 19.2 Å². The molecule has 178 valence electrons. The Hall–Kier alpha value is -2.78. The van der Waals surface area contributed by atoms with E-state index in [-0.39, 0.29) is 10.8 Å². The van der Waals surface area contributed by atoms with Crippen molar-refractivity contribution in [2.75, 3.05) is 56.0 Å². The van der Waals surface area contributed by atoms with Gasteiger partial charge in [0.05, 0.1) is 23.4 Å². The molecule has 9 heteroatoms. The lowest BCUT2D eigenvalue weighted by atomic mass is 9.98. The Balaban J connectivity index is 1.65. The molecule has 2 aliphatic heterocycles. The molecule has 2 aromatic rings. The van der Waals surface area contributed by atoms with Gasteiger partial charge in [0.1, 0.15) is 5.75 Å². The molecule has 0 radical (unpaired) electrons. The molecule has 33 heavy (non-hydrogen) atoms. The van der Waals surface area contributed by atoms with Gasteiger partial charge in [-0.2, -0.15) is 0 Å². The normalized spacial score (nSPS) is 17.6. The zero-order valence-corrected chi connectivity index (χ0v) is 20.0. The molecule has 2 N–H and O–H groups in total. The van der Waals surface area contributed by atoms with Gasteiger partial charge in [-0.15, -0.1) is 0 Å². The lowest BCUT2D eigenvalue weighted by Gasteiger charge is -2.32. The van der Waals surface area contributed by atoms with Crippen LogP contribution < -0.4 is 19.7 Å². The quantitative estimate of drug-likeness (QED) is 0.672. The summed E-state index contributed by atoms with van der Waals surface area (Å²) in [5.41, 5.74) is 1.69. The number of anilines is 2. The number of carbonyl (C=O) groups excluding carboxylic acids is 1. The zero-order chi connectivity index (χ0) is 23.4. The third-order valence-electron chi connectivity index (χ3n) is 6.39. The molecular weight excluding hydrogens is 440 g/mol. The number of piperidine rings is 1. The first-order chi connectivity index (χ1) is 15.9. The van der Waals surface area contributed by atoms with E-state index in [4.69, 9.17) is 4.74 Å². The molecule has 2 aromatic carbocycles. The van der Waals surface area contributed by atoms with Crippen molar-refractivity contribution in [1.29, 1.82) is 0 Å². The number of likely N-dealkylation sites (tertiary alicyclic amines) is 1. The van der Waals surface area contributed by atoms with E-state index in [1.807, 2.05) is 17.0 Å². The minimum atomic E-state index is -3.85. The highest BCUT2D eigenvalue weighted by Crippen LogP contribution is 2.31. The van der Waals surface area contributed by atoms with Crippen LogP contribution in [0.2, 0.25) is 0 Å².